The van der Waals surface area contributed by atoms with Crippen molar-refractivity contribution in [1.29, 1.82) is 5.26 Å². The number of hydrogen-bond donors (Lipinski definition) is 2. The number of hydrogen-bond acceptors (Lipinski definition) is 4. The molecule has 2 fully saturated rings. The highest BCUT2D eigenvalue weighted by Crippen LogP contribution is 2.39. The van der Waals surface area contributed by atoms with Crippen molar-refractivity contribution in [1.82, 2.24) is 10.2 Å². The Morgan fingerprint density at radius 1 is 1.45 bits per heavy atom. The van der Waals surface area contributed by atoms with Gasteiger partial charge in [-0.15, -0.1) is 0 Å². The second kappa shape index (κ2) is 6.11. The number of nitrogens with zero attached hydrogens (tertiary/aromatic N) is 2. The Balaban J connectivity index is 1.77. The fraction of sp³-hybridized carbons (Fsp3) is 0.867. The van der Waals surface area contributed by atoms with Gasteiger partial charge < -0.3 is 10.4 Å². The van der Waals surface area contributed by atoms with Crippen LogP contribution in [0.3, 0.4) is 0 Å². The van der Waals surface area contributed by atoms with Crippen LogP contribution in [-0.2, 0) is 4.79 Å². The minimum Gasteiger partial charge on any atom is -0.393 e. The Morgan fingerprint density at radius 2 is 2.05 bits per heavy atom. The molecule has 2 aliphatic rings. The Morgan fingerprint density at radius 3 is 2.50 bits per heavy atom. The number of nitriles is 1. The molecule has 0 aromatic carbocycles. The summed E-state index contributed by atoms with van der Waals surface area (Å²) in [4.78, 5) is 14.2. The third kappa shape index (κ3) is 3.71. The van der Waals surface area contributed by atoms with E-state index in [0.29, 0.717) is 18.4 Å². The van der Waals surface area contributed by atoms with E-state index in [9.17, 15) is 15.2 Å². The van der Waals surface area contributed by atoms with Crippen molar-refractivity contribution in [3.05, 3.63) is 0 Å². The highest BCUT2D eigenvalue weighted by Gasteiger charge is 2.43. The average Bonchev–Trinajstić information content (AvgIpc) is 3.23. The summed E-state index contributed by atoms with van der Waals surface area (Å²) in [6.07, 6.45) is 3.67. The lowest BCUT2D eigenvalue weighted by atomic mass is 9.92. The minimum atomic E-state index is -0.699. The molecule has 5 heteroatoms. The van der Waals surface area contributed by atoms with E-state index in [1.54, 1.807) is 0 Å². The van der Waals surface area contributed by atoms with Crippen LogP contribution in [0.15, 0.2) is 0 Å². The number of carbonyl (C=O) groups excluding carboxylic acids is 1. The highest BCUT2D eigenvalue weighted by molar-refractivity contribution is 5.79. The maximum absolute atomic E-state index is 12.1. The van der Waals surface area contributed by atoms with E-state index >= 15 is 0 Å². The fourth-order valence-electron chi connectivity index (χ4n) is 3.01. The topological polar surface area (TPSA) is 76.4 Å². The summed E-state index contributed by atoms with van der Waals surface area (Å²) in [5.41, 5.74) is -0.699. The average molecular weight is 279 g/mol. The van der Waals surface area contributed by atoms with Gasteiger partial charge in [0.2, 0.25) is 5.91 Å². The number of carbonyl (C=O) groups is 1. The molecule has 1 saturated carbocycles. The van der Waals surface area contributed by atoms with E-state index in [2.05, 4.69) is 16.3 Å². The Labute approximate surface area is 120 Å². The van der Waals surface area contributed by atoms with Gasteiger partial charge in [-0.2, -0.15) is 5.26 Å². The molecule has 0 bridgehead atoms. The maximum atomic E-state index is 12.1. The summed E-state index contributed by atoms with van der Waals surface area (Å²) in [7, 11) is 0. The third-order valence-electron chi connectivity index (χ3n) is 4.71. The van der Waals surface area contributed by atoms with Crippen molar-refractivity contribution < 1.29 is 9.90 Å². The second-order valence-corrected chi connectivity index (χ2v) is 6.49. The van der Waals surface area contributed by atoms with Crippen molar-refractivity contribution in [3.63, 3.8) is 0 Å². The largest absolute Gasteiger partial charge is 0.393 e. The van der Waals surface area contributed by atoms with Gasteiger partial charge in [-0.1, -0.05) is 0 Å². The zero-order valence-corrected chi connectivity index (χ0v) is 12.4. The molecular weight excluding hydrogens is 254 g/mol. The van der Waals surface area contributed by atoms with Gasteiger partial charge in [0.05, 0.1) is 18.7 Å². The summed E-state index contributed by atoms with van der Waals surface area (Å²) in [5.74, 6) is 0.610. The smallest absolute Gasteiger partial charge is 0.235 e. The molecule has 2 N–H and O–H groups in total. The lowest BCUT2D eigenvalue weighted by Crippen LogP contribution is -2.51. The maximum Gasteiger partial charge on any atom is 0.235 e. The van der Waals surface area contributed by atoms with E-state index in [0.717, 1.165) is 38.8 Å². The first-order valence-corrected chi connectivity index (χ1v) is 7.57. The molecule has 112 valence electrons. The Kier molecular flexibility index (Phi) is 4.66. The molecule has 2 atom stereocenters. The zero-order chi connectivity index (χ0) is 14.8. The van der Waals surface area contributed by atoms with Gasteiger partial charge in [0.25, 0.3) is 0 Å². The monoisotopic (exact) mass is 279 g/mol. The van der Waals surface area contributed by atoms with E-state index in [-0.39, 0.29) is 12.0 Å². The molecular formula is C15H25N3O2. The van der Waals surface area contributed by atoms with Gasteiger partial charge in [0.1, 0.15) is 5.54 Å². The lowest BCUT2D eigenvalue weighted by Gasteiger charge is -2.33. The molecule has 1 amide bonds. The molecule has 1 heterocycles. The van der Waals surface area contributed by atoms with E-state index in [4.69, 9.17) is 0 Å². The fourth-order valence-corrected chi connectivity index (χ4v) is 3.01. The van der Waals surface area contributed by atoms with Gasteiger partial charge in [0, 0.05) is 0 Å². The van der Waals surface area contributed by atoms with Crippen LogP contribution in [0.25, 0.3) is 0 Å². The molecule has 1 aliphatic carbocycles. The molecule has 2 unspecified atom stereocenters. The first kappa shape index (κ1) is 15.3. The van der Waals surface area contributed by atoms with Crippen LogP contribution >= 0.6 is 0 Å². The van der Waals surface area contributed by atoms with E-state index in [1.165, 1.54) is 0 Å². The number of aliphatic hydroxyl groups excluding tert-OH is 1. The summed E-state index contributed by atoms with van der Waals surface area (Å²) in [6, 6.07) is 2.25. The van der Waals surface area contributed by atoms with Crippen LogP contribution in [0.1, 0.15) is 39.5 Å². The number of nitrogens with one attached hydrogen (secondary N) is 1. The van der Waals surface area contributed by atoms with Crippen molar-refractivity contribution in [2.75, 3.05) is 19.6 Å². The Bertz CT molecular complexity index is 392. The number of piperidine rings is 1. The van der Waals surface area contributed by atoms with Crippen LogP contribution in [0.4, 0.5) is 0 Å². The van der Waals surface area contributed by atoms with Crippen LogP contribution in [-0.4, -0.2) is 47.2 Å². The summed E-state index contributed by atoms with van der Waals surface area (Å²) >= 11 is 0. The van der Waals surface area contributed by atoms with Crippen LogP contribution in [0.2, 0.25) is 0 Å². The molecule has 0 spiro atoms. The highest BCUT2D eigenvalue weighted by atomic mass is 16.3. The molecule has 0 aromatic heterocycles. The third-order valence-corrected chi connectivity index (χ3v) is 4.71. The predicted octanol–water partition coefficient (Wildman–Crippen LogP) is 0.888. The van der Waals surface area contributed by atoms with E-state index < -0.39 is 5.54 Å². The number of likely N-dealkylation sites (tertiary alicyclic amines) is 1. The number of aliphatic hydroxyl groups is 1. The van der Waals surface area contributed by atoms with Crippen molar-refractivity contribution in [3.8, 4) is 6.07 Å². The first-order chi connectivity index (χ1) is 9.44. The molecule has 0 aromatic rings. The van der Waals surface area contributed by atoms with Gasteiger partial charge in [-0.05, 0) is 64.5 Å². The van der Waals surface area contributed by atoms with Crippen LogP contribution in [0.5, 0.6) is 0 Å². The minimum absolute atomic E-state index is 0.0588. The molecule has 2 rings (SSSR count). The zero-order valence-electron chi connectivity index (χ0n) is 12.4. The summed E-state index contributed by atoms with van der Waals surface area (Å²) < 4.78 is 0. The van der Waals surface area contributed by atoms with Gasteiger partial charge in [0.15, 0.2) is 0 Å². The summed E-state index contributed by atoms with van der Waals surface area (Å²) in [6.45, 7) is 5.70. The van der Waals surface area contributed by atoms with E-state index in [1.807, 2.05) is 13.8 Å². The van der Waals surface area contributed by atoms with Gasteiger partial charge >= 0.3 is 0 Å². The molecule has 0 radical (unpaired) electrons. The number of amides is 1. The van der Waals surface area contributed by atoms with Crippen LogP contribution in [0, 0.1) is 23.2 Å². The van der Waals surface area contributed by atoms with Crippen LogP contribution < -0.4 is 5.32 Å². The normalized spacial score (nSPS) is 25.5. The molecule has 5 nitrogen and oxygen atoms in total. The second-order valence-electron chi connectivity index (χ2n) is 6.49. The molecule has 20 heavy (non-hydrogen) atoms. The van der Waals surface area contributed by atoms with Crippen molar-refractivity contribution >= 4 is 5.91 Å². The van der Waals surface area contributed by atoms with Gasteiger partial charge in [-0.25, -0.2) is 0 Å². The molecule has 1 saturated heterocycles. The predicted molar refractivity (Wildman–Crippen MR) is 75.7 cm³/mol. The molecule has 1 aliphatic heterocycles. The lowest BCUT2D eigenvalue weighted by molar-refractivity contribution is -0.124. The Hall–Kier alpha value is -1.12. The summed E-state index contributed by atoms with van der Waals surface area (Å²) in [5, 5.41) is 21.7. The van der Waals surface area contributed by atoms with Crippen molar-refractivity contribution in [2.45, 2.75) is 51.2 Å². The number of rotatable bonds is 5. The first-order valence-electron chi connectivity index (χ1n) is 7.57. The SMILES string of the molecule is CC(O)C1CCN(CC(=O)NC(C)(C#N)C2CC2)CC1. The van der Waals surface area contributed by atoms with Crippen molar-refractivity contribution in [2.24, 2.45) is 11.8 Å². The standard InChI is InChI=1S/C15H25N3O2/c1-11(19)12-5-7-18(8-6-12)9-14(20)17-15(2,10-16)13-3-4-13/h11-13,19H,3-9H2,1-2H3,(H,17,20). The quantitative estimate of drug-likeness (QED) is 0.783. The van der Waals surface area contributed by atoms with Gasteiger partial charge in [-0.3, -0.25) is 9.69 Å².